The van der Waals surface area contributed by atoms with Crippen molar-refractivity contribution in [3.05, 3.63) is 70.1 Å². The molecule has 98 valence electrons. The number of ether oxygens (including phenoxy) is 1. The second-order valence-electron chi connectivity index (χ2n) is 4.39. The molecule has 0 bridgehead atoms. The molecule has 2 aliphatic heterocycles. The minimum absolute atomic E-state index is 0.0803. The Kier molecular flexibility index (Phi) is 3.47. The van der Waals surface area contributed by atoms with Gasteiger partial charge in [-0.05, 0) is 18.2 Å². The van der Waals surface area contributed by atoms with E-state index in [4.69, 9.17) is 17.9 Å². The minimum Gasteiger partial charge on any atom is -0.371 e. The third kappa shape index (κ3) is 2.55. The first-order valence-corrected chi connectivity index (χ1v) is 6.96. The zero-order valence-electron chi connectivity index (χ0n) is 10.6. The highest BCUT2D eigenvalue weighted by Crippen LogP contribution is 2.46. The number of hydrogen-bond acceptors (Lipinski definition) is 3. The molecule has 1 fully saturated rings. The highest BCUT2D eigenvalue weighted by molar-refractivity contribution is 8.03. The van der Waals surface area contributed by atoms with Crippen molar-refractivity contribution in [3.8, 4) is 0 Å². The van der Waals surface area contributed by atoms with E-state index in [2.05, 4.69) is 26.7 Å². The molecule has 0 spiro atoms. The number of benzene rings is 1. The Morgan fingerprint density at radius 1 is 1.40 bits per heavy atom. The van der Waals surface area contributed by atoms with Crippen molar-refractivity contribution in [2.75, 3.05) is 18.1 Å². The zero-order valence-corrected chi connectivity index (χ0v) is 11.4. The van der Waals surface area contributed by atoms with Gasteiger partial charge in [0.15, 0.2) is 0 Å². The topological polar surface area (TPSA) is 24.5 Å². The quantitative estimate of drug-likeness (QED) is 0.626. The molecular formula is C15H11N3OS. The van der Waals surface area contributed by atoms with Gasteiger partial charge in [-0.25, -0.2) is 0 Å². The largest absolute Gasteiger partial charge is 0.519 e. The van der Waals surface area contributed by atoms with Crippen LogP contribution in [0, 0.1) is 13.1 Å². The maximum absolute atomic E-state index is 6.91. The Balaban J connectivity index is 1.91. The van der Waals surface area contributed by atoms with Gasteiger partial charge in [-0.2, -0.15) is 9.69 Å². The first-order chi connectivity index (χ1) is 9.81. The third-order valence-corrected chi connectivity index (χ3v) is 4.16. The molecule has 0 radical (unpaired) electrons. The van der Waals surface area contributed by atoms with Crippen LogP contribution in [0.25, 0.3) is 9.69 Å². The lowest BCUT2D eigenvalue weighted by molar-refractivity contribution is 0.411. The number of epoxide rings is 1. The van der Waals surface area contributed by atoms with Crippen LogP contribution in [0.15, 0.2) is 52.2 Å². The Hall–Kier alpha value is -2.21. The molecule has 0 saturated carbocycles. The summed E-state index contributed by atoms with van der Waals surface area (Å²) in [6.45, 7) is 15.4. The van der Waals surface area contributed by atoms with E-state index < -0.39 is 0 Å². The number of para-hydroxylation sites is 1. The fourth-order valence-corrected chi connectivity index (χ4v) is 3.06. The molecule has 0 amide bonds. The van der Waals surface area contributed by atoms with Crippen molar-refractivity contribution in [2.24, 2.45) is 0 Å². The monoisotopic (exact) mass is 281 g/mol. The van der Waals surface area contributed by atoms with Crippen molar-refractivity contribution >= 4 is 17.4 Å². The second kappa shape index (κ2) is 5.42. The van der Waals surface area contributed by atoms with Gasteiger partial charge < -0.3 is 9.64 Å². The molecule has 2 aliphatic rings. The fourth-order valence-electron chi connectivity index (χ4n) is 1.99. The number of fused-ring (bicyclic) bond motifs is 1. The molecule has 2 heterocycles. The maximum Gasteiger partial charge on any atom is 0.519 e. The molecular weight excluding hydrogens is 270 g/mol. The van der Waals surface area contributed by atoms with E-state index in [0.29, 0.717) is 0 Å². The molecule has 4 nitrogen and oxygen atoms in total. The van der Waals surface area contributed by atoms with Gasteiger partial charge >= 0.3 is 5.82 Å². The van der Waals surface area contributed by atoms with Crippen LogP contribution in [0.3, 0.4) is 0 Å². The number of thioether (sulfide) groups is 1. The van der Waals surface area contributed by atoms with E-state index in [1.54, 1.807) is 17.8 Å². The van der Waals surface area contributed by atoms with Gasteiger partial charge in [-0.1, -0.05) is 23.9 Å². The van der Waals surface area contributed by atoms with E-state index in [1.807, 2.05) is 18.2 Å². The zero-order chi connectivity index (χ0) is 13.9. The molecule has 1 unspecified atom stereocenters. The standard InChI is InChI=1S/C15H11N3OS/c1-16-14(17-2)7-8-15-18(9-11-10-19-11)12-5-3-4-6-13(12)20-15/h3-8,11H,9-10H2. The lowest BCUT2D eigenvalue weighted by Crippen LogP contribution is -2.22. The first kappa shape index (κ1) is 12.8. The predicted octanol–water partition coefficient (Wildman–Crippen LogP) is 3.52. The lowest BCUT2D eigenvalue weighted by atomic mass is 10.3. The number of nitrogens with zero attached hydrogens (tertiary/aromatic N) is 3. The summed E-state index contributed by atoms with van der Waals surface area (Å²) < 4.78 is 5.31. The van der Waals surface area contributed by atoms with Crippen molar-refractivity contribution in [2.45, 2.75) is 11.0 Å². The molecule has 1 atom stereocenters. The highest BCUT2D eigenvalue weighted by Gasteiger charge is 2.31. The van der Waals surface area contributed by atoms with Crippen LogP contribution in [0.2, 0.25) is 0 Å². The van der Waals surface area contributed by atoms with Gasteiger partial charge in [-0.15, -0.1) is 0 Å². The van der Waals surface area contributed by atoms with E-state index >= 15 is 0 Å². The van der Waals surface area contributed by atoms with Gasteiger partial charge in [0.1, 0.15) is 13.1 Å². The average Bonchev–Trinajstić information content (AvgIpc) is 3.23. The summed E-state index contributed by atoms with van der Waals surface area (Å²) in [6, 6.07) is 8.19. The molecule has 0 aromatic heterocycles. The van der Waals surface area contributed by atoms with Crippen molar-refractivity contribution in [1.29, 1.82) is 0 Å². The number of hydrogen-bond donors (Lipinski definition) is 0. The number of allylic oxidation sites excluding steroid dienone is 2. The second-order valence-corrected chi connectivity index (χ2v) is 5.45. The molecule has 3 rings (SSSR count). The van der Waals surface area contributed by atoms with E-state index in [9.17, 15) is 0 Å². The van der Waals surface area contributed by atoms with Crippen molar-refractivity contribution in [3.63, 3.8) is 0 Å². The Labute approximate surface area is 122 Å². The summed E-state index contributed by atoms with van der Waals surface area (Å²) in [5.41, 5.74) is 1.17. The highest BCUT2D eigenvalue weighted by atomic mass is 32.2. The van der Waals surface area contributed by atoms with Crippen LogP contribution in [-0.4, -0.2) is 19.3 Å². The molecule has 20 heavy (non-hydrogen) atoms. The van der Waals surface area contributed by atoms with Crippen molar-refractivity contribution < 1.29 is 4.74 Å². The first-order valence-electron chi connectivity index (χ1n) is 6.15. The minimum atomic E-state index is 0.0803. The summed E-state index contributed by atoms with van der Waals surface area (Å²) in [7, 11) is 0. The molecule has 1 aromatic rings. The summed E-state index contributed by atoms with van der Waals surface area (Å²) in [4.78, 5) is 9.74. The van der Waals surface area contributed by atoms with Gasteiger partial charge in [-0.3, -0.25) is 0 Å². The maximum atomic E-state index is 6.91. The third-order valence-electron chi connectivity index (χ3n) is 3.03. The molecule has 0 aliphatic carbocycles. The van der Waals surface area contributed by atoms with Crippen molar-refractivity contribution in [1.82, 2.24) is 0 Å². The van der Waals surface area contributed by atoms with E-state index in [1.165, 1.54) is 10.6 Å². The van der Waals surface area contributed by atoms with Gasteiger partial charge in [0.25, 0.3) is 0 Å². The Morgan fingerprint density at radius 3 is 2.85 bits per heavy atom. The molecule has 5 heteroatoms. The van der Waals surface area contributed by atoms with Crippen LogP contribution in [0.5, 0.6) is 0 Å². The van der Waals surface area contributed by atoms with Crippen LogP contribution in [0.4, 0.5) is 5.69 Å². The number of anilines is 1. The number of rotatable bonds is 3. The Morgan fingerprint density at radius 2 is 2.15 bits per heavy atom. The van der Waals surface area contributed by atoms with Gasteiger partial charge in [0.05, 0.1) is 30.0 Å². The summed E-state index contributed by atoms with van der Waals surface area (Å²) in [6.07, 6.45) is 3.71. The molecule has 1 aromatic carbocycles. The van der Waals surface area contributed by atoms with Crippen LogP contribution >= 0.6 is 11.8 Å². The predicted molar refractivity (Wildman–Crippen MR) is 78.8 cm³/mol. The lowest BCUT2D eigenvalue weighted by Gasteiger charge is -2.18. The smallest absolute Gasteiger partial charge is 0.371 e. The molecule has 1 saturated heterocycles. The average molecular weight is 281 g/mol. The van der Waals surface area contributed by atoms with Crippen LogP contribution in [-0.2, 0) is 4.74 Å². The Bertz CT molecular complexity index is 661. The summed E-state index contributed by atoms with van der Waals surface area (Å²) >= 11 is 1.66. The van der Waals surface area contributed by atoms with Crippen LogP contribution < -0.4 is 4.90 Å². The normalized spacial score (nSPS) is 21.0. The van der Waals surface area contributed by atoms with Crippen LogP contribution in [0.1, 0.15) is 0 Å². The molecule has 0 N–H and O–H groups in total. The fraction of sp³-hybridized carbons (Fsp3) is 0.200. The van der Waals surface area contributed by atoms with E-state index in [-0.39, 0.29) is 11.9 Å². The summed E-state index contributed by atoms with van der Waals surface area (Å²) in [5, 5.41) is 1.03. The SMILES string of the molecule is [C-]#[N+]C(=CC=C1Sc2ccccc2N1CC1CO1)[N+]#[C-]. The van der Waals surface area contributed by atoms with Gasteiger partial charge in [0.2, 0.25) is 0 Å². The van der Waals surface area contributed by atoms with E-state index in [0.717, 1.165) is 18.2 Å². The van der Waals surface area contributed by atoms with Gasteiger partial charge in [0, 0.05) is 11.0 Å². The summed E-state index contributed by atoms with van der Waals surface area (Å²) in [5.74, 6) is 0.0803.